The van der Waals surface area contributed by atoms with Crippen molar-refractivity contribution < 1.29 is 4.79 Å². The van der Waals surface area contributed by atoms with Crippen LogP contribution in [0.25, 0.3) is 0 Å². The molecule has 1 aliphatic rings. The smallest absolute Gasteiger partial charge is 0.193 e. The first kappa shape index (κ1) is 12.2. The third kappa shape index (κ3) is 2.21. The first-order chi connectivity index (χ1) is 9.18. The van der Waals surface area contributed by atoms with E-state index >= 15 is 0 Å². The molecule has 0 saturated heterocycles. The van der Waals surface area contributed by atoms with Crippen molar-refractivity contribution >= 4 is 5.78 Å². The van der Waals surface area contributed by atoms with Gasteiger partial charge in [0.15, 0.2) is 5.78 Å². The van der Waals surface area contributed by atoms with E-state index in [0.717, 1.165) is 23.0 Å². The second-order valence-electron chi connectivity index (χ2n) is 5.56. The molecule has 0 aliphatic heterocycles. The number of ketones is 1. The van der Waals surface area contributed by atoms with Gasteiger partial charge in [-0.3, -0.25) is 4.79 Å². The minimum absolute atomic E-state index is 0.101. The Labute approximate surface area is 114 Å². The third-order valence-corrected chi connectivity index (χ3v) is 4.42. The van der Waals surface area contributed by atoms with Crippen molar-refractivity contribution in [3.8, 4) is 0 Å². The first-order valence-electron chi connectivity index (χ1n) is 6.88. The molecule has 2 atom stereocenters. The highest BCUT2D eigenvalue weighted by Gasteiger charge is 2.43. The van der Waals surface area contributed by atoms with Gasteiger partial charge >= 0.3 is 0 Å². The van der Waals surface area contributed by atoms with Gasteiger partial charge in [0.05, 0.1) is 0 Å². The fourth-order valence-corrected chi connectivity index (χ4v) is 2.88. The summed E-state index contributed by atoms with van der Waals surface area (Å²) in [4.78, 5) is 12.3. The lowest BCUT2D eigenvalue weighted by atomic mass is 10.0. The Bertz CT molecular complexity index is 575. The summed E-state index contributed by atoms with van der Waals surface area (Å²) < 4.78 is 0. The van der Waals surface area contributed by atoms with Crippen LogP contribution in [0.5, 0.6) is 0 Å². The molecule has 1 nitrogen and oxygen atoms in total. The highest BCUT2D eigenvalue weighted by molar-refractivity contribution is 6.08. The van der Waals surface area contributed by atoms with E-state index in [1.54, 1.807) is 0 Å². The Morgan fingerprint density at radius 1 is 0.789 bits per heavy atom. The van der Waals surface area contributed by atoms with Gasteiger partial charge in [0.25, 0.3) is 0 Å². The molecule has 0 heterocycles. The van der Waals surface area contributed by atoms with Crippen molar-refractivity contribution in [2.75, 3.05) is 0 Å². The minimum atomic E-state index is 0.101. The molecular formula is C18H18O. The van der Waals surface area contributed by atoms with E-state index < -0.39 is 0 Å². The molecule has 3 rings (SSSR count). The first-order valence-corrected chi connectivity index (χ1v) is 6.88. The largest absolute Gasteiger partial charge is 0.289 e. The number of carbonyl (C=O) groups excluding carboxylic acids is 1. The maximum Gasteiger partial charge on any atom is 0.193 e. The summed E-state index contributed by atoms with van der Waals surface area (Å²) in [5, 5.41) is 0. The lowest BCUT2D eigenvalue weighted by Gasteiger charge is -2.03. The van der Waals surface area contributed by atoms with Crippen LogP contribution in [0.3, 0.4) is 0 Å². The molecule has 1 fully saturated rings. The third-order valence-electron chi connectivity index (χ3n) is 4.42. The molecule has 1 aliphatic carbocycles. The molecule has 0 spiro atoms. The molecule has 0 radical (unpaired) electrons. The van der Waals surface area contributed by atoms with E-state index in [4.69, 9.17) is 0 Å². The van der Waals surface area contributed by atoms with E-state index in [0.29, 0.717) is 5.92 Å². The SMILES string of the molecule is CC1C(C)C1c1ccc(C(=O)c2ccccc2)cc1. The lowest BCUT2D eigenvalue weighted by Crippen LogP contribution is -2.00. The van der Waals surface area contributed by atoms with Gasteiger partial charge in [-0.2, -0.15) is 0 Å². The quantitative estimate of drug-likeness (QED) is 0.743. The summed E-state index contributed by atoms with van der Waals surface area (Å²) >= 11 is 0. The standard InChI is InChI=1S/C18H18O/c1-12-13(2)17(12)14-8-10-16(11-9-14)18(19)15-6-4-3-5-7-15/h3-13,17H,1-2H3. The summed E-state index contributed by atoms with van der Waals surface area (Å²) in [6.07, 6.45) is 0. The number of hydrogen-bond acceptors (Lipinski definition) is 1. The van der Waals surface area contributed by atoms with Gasteiger partial charge in [0.1, 0.15) is 0 Å². The highest BCUT2D eigenvalue weighted by atomic mass is 16.1. The van der Waals surface area contributed by atoms with Crippen LogP contribution >= 0.6 is 0 Å². The monoisotopic (exact) mass is 250 g/mol. The second-order valence-corrected chi connectivity index (χ2v) is 5.56. The van der Waals surface area contributed by atoms with E-state index in [-0.39, 0.29) is 5.78 Å². The van der Waals surface area contributed by atoms with Crippen LogP contribution < -0.4 is 0 Å². The van der Waals surface area contributed by atoms with Crippen molar-refractivity contribution in [1.29, 1.82) is 0 Å². The van der Waals surface area contributed by atoms with Gasteiger partial charge < -0.3 is 0 Å². The molecular weight excluding hydrogens is 232 g/mol. The van der Waals surface area contributed by atoms with Crippen LogP contribution in [0, 0.1) is 11.8 Å². The van der Waals surface area contributed by atoms with Crippen molar-refractivity contribution in [1.82, 2.24) is 0 Å². The molecule has 0 bridgehead atoms. The van der Waals surface area contributed by atoms with Crippen molar-refractivity contribution in [3.05, 3.63) is 71.3 Å². The minimum Gasteiger partial charge on any atom is -0.289 e. The highest BCUT2D eigenvalue weighted by Crippen LogP contribution is 2.53. The van der Waals surface area contributed by atoms with Crippen LogP contribution in [0.2, 0.25) is 0 Å². The molecule has 0 amide bonds. The Morgan fingerprint density at radius 3 is 1.84 bits per heavy atom. The summed E-state index contributed by atoms with van der Waals surface area (Å²) in [6.45, 7) is 4.58. The molecule has 0 N–H and O–H groups in total. The summed E-state index contributed by atoms with van der Waals surface area (Å²) in [5.74, 6) is 2.33. The normalized spacial score (nSPS) is 25.1. The van der Waals surface area contributed by atoms with E-state index in [9.17, 15) is 4.79 Å². The fourth-order valence-electron chi connectivity index (χ4n) is 2.88. The van der Waals surface area contributed by atoms with Gasteiger partial charge in [0.2, 0.25) is 0 Å². The van der Waals surface area contributed by atoms with Crippen LogP contribution in [-0.2, 0) is 0 Å². The maximum absolute atomic E-state index is 12.3. The topological polar surface area (TPSA) is 17.1 Å². The maximum atomic E-state index is 12.3. The van der Waals surface area contributed by atoms with Gasteiger partial charge in [-0.15, -0.1) is 0 Å². The number of carbonyl (C=O) groups is 1. The van der Waals surface area contributed by atoms with Gasteiger partial charge in [0, 0.05) is 11.1 Å². The summed E-state index contributed by atoms with van der Waals surface area (Å²) in [7, 11) is 0. The number of hydrogen-bond donors (Lipinski definition) is 0. The average Bonchev–Trinajstić information content (AvgIpc) is 3.06. The number of benzene rings is 2. The van der Waals surface area contributed by atoms with E-state index in [2.05, 4.69) is 26.0 Å². The van der Waals surface area contributed by atoms with Gasteiger partial charge in [-0.25, -0.2) is 0 Å². The van der Waals surface area contributed by atoms with Crippen molar-refractivity contribution in [3.63, 3.8) is 0 Å². The van der Waals surface area contributed by atoms with Crippen LogP contribution in [0.1, 0.15) is 41.3 Å². The Hall–Kier alpha value is -1.89. The van der Waals surface area contributed by atoms with Crippen LogP contribution in [-0.4, -0.2) is 5.78 Å². The predicted octanol–water partition coefficient (Wildman–Crippen LogP) is 4.29. The Kier molecular flexibility index (Phi) is 2.98. The van der Waals surface area contributed by atoms with Gasteiger partial charge in [-0.1, -0.05) is 68.4 Å². The predicted molar refractivity (Wildman–Crippen MR) is 77.4 cm³/mol. The average molecular weight is 250 g/mol. The van der Waals surface area contributed by atoms with Crippen LogP contribution in [0.15, 0.2) is 54.6 Å². The van der Waals surface area contributed by atoms with Crippen LogP contribution in [0.4, 0.5) is 0 Å². The Balaban J connectivity index is 1.82. The van der Waals surface area contributed by atoms with Gasteiger partial charge in [-0.05, 0) is 23.3 Å². The molecule has 2 unspecified atom stereocenters. The summed E-state index contributed by atoms with van der Waals surface area (Å²) in [6, 6.07) is 17.6. The van der Waals surface area contributed by atoms with E-state index in [1.165, 1.54) is 5.56 Å². The molecule has 1 saturated carbocycles. The fraction of sp³-hybridized carbons (Fsp3) is 0.278. The number of rotatable bonds is 3. The van der Waals surface area contributed by atoms with Crippen molar-refractivity contribution in [2.45, 2.75) is 19.8 Å². The molecule has 96 valence electrons. The zero-order valence-electron chi connectivity index (χ0n) is 11.3. The second kappa shape index (κ2) is 4.65. The molecule has 2 aromatic carbocycles. The molecule has 2 aromatic rings. The molecule has 1 heteroatoms. The van der Waals surface area contributed by atoms with E-state index in [1.807, 2.05) is 42.5 Å². The summed E-state index contributed by atoms with van der Waals surface area (Å²) in [5.41, 5.74) is 2.89. The zero-order chi connectivity index (χ0) is 13.4. The molecule has 0 aromatic heterocycles. The lowest BCUT2D eigenvalue weighted by molar-refractivity contribution is 0.103. The Morgan fingerprint density at radius 2 is 1.32 bits per heavy atom. The van der Waals surface area contributed by atoms with Crippen molar-refractivity contribution in [2.24, 2.45) is 11.8 Å². The zero-order valence-corrected chi connectivity index (χ0v) is 11.3. The molecule has 19 heavy (non-hydrogen) atoms.